The highest BCUT2D eigenvalue weighted by Crippen LogP contribution is 2.31. The fraction of sp³-hybridized carbons (Fsp3) is 0.588. The number of rotatable bonds is 8. The van der Waals surface area contributed by atoms with Gasteiger partial charge in [0.15, 0.2) is 17.6 Å². The van der Waals surface area contributed by atoms with E-state index in [2.05, 4.69) is 0 Å². The van der Waals surface area contributed by atoms with E-state index in [0.717, 1.165) is 17.9 Å². The Hall–Kier alpha value is -1.50. The van der Waals surface area contributed by atoms with E-state index in [0.29, 0.717) is 26.2 Å². The molecule has 0 saturated carbocycles. The molecule has 0 saturated heterocycles. The average molecular weight is 359 g/mol. The number of nitrogens with zero attached hydrogens (tertiary/aromatic N) is 1. The number of carbonyl (C=O) groups excluding carboxylic acids is 1. The lowest BCUT2D eigenvalue weighted by Crippen LogP contribution is -2.45. The highest BCUT2D eigenvalue weighted by Gasteiger charge is 2.26. The van der Waals surface area contributed by atoms with Crippen LogP contribution in [0.2, 0.25) is 0 Å². The molecule has 1 aromatic rings. The predicted octanol–water partition coefficient (Wildman–Crippen LogP) is 1.85. The van der Waals surface area contributed by atoms with Crippen molar-refractivity contribution in [3.05, 3.63) is 24.3 Å². The van der Waals surface area contributed by atoms with Gasteiger partial charge in [-0.2, -0.15) is 0 Å². The molecule has 0 spiro atoms. The van der Waals surface area contributed by atoms with Crippen LogP contribution in [0.25, 0.3) is 0 Å². The van der Waals surface area contributed by atoms with Crippen molar-refractivity contribution < 1.29 is 19.0 Å². The molecular weight excluding hydrogens is 332 g/mol. The van der Waals surface area contributed by atoms with E-state index in [1.165, 1.54) is 0 Å². The maximum Gasteiger partial charge on any atom is 0.225 e. The van der Waals surface area contributed by atoms with Crippen molar-refractivity contribution in [1.82, 2.24) is 4.90 Å². The van der Waals surface area contributed by atoms with Gasteiger partial charge >= 0.3 is 0 Å². The molecule has 6 nitrogen and oxygen atoms in total. The third-order valence-corrected chi connectivity index (χ3v) is 3.84. The van der Waals surface area contributed by atoms with E-state index in [1.807, 2.05) is 36.1 Å². The number of hydrogen-bond donors (Lipinski definition) is 1. The molecule has 0 aromatic heterocycles. The molecule has 1 heterocycles. The zero-order valence-electron chi connectivity index (χ0n) is 14.3. The Labute approximate surface area is 149 Å². The molecule has 0 fully saturated rings. The van der Waals surface area contributed by atoms with Crippen LogP contribution in [-0.4, -0.2) is 56.4 Å². The number of benzene rings is 1. The van der Waals surface area contributed by atoms with Gasteiger partial charge in [-0.25, -0.2) is 0 Å². The van der Waals surface area contributed by atoms with E-state index in [-0.39, 0.29) is 36.9 Å². The van der Waals surface area contributed by atoms with Crippen molar-refractivity contribution in [3.8, 4) is 11.5 Å². The molecule has 1 aliphatic rings. The van der Waals surface area contributed by atoms with E-state index in [9.17, 15) is 4.79 Å². The van der Waals surface area contributed by atoms with E-state index in [1.54, 1.807) is 7.11 Å². The molecule has 24 heavy (non-hydrogen) atoms. The van der Waals surface area contributed by atoms with Crippen molar-refractivity contribution in [3.63, 3.8) is 0 Å². The van der Waals surface area contributed by atoms with Gasteiger partial charge in [-0.05, 0) is 18.6 Å². The standard InChI is InChI=1S/C17H26N2O4.ClH/c1-3-8-19(17(20)9-13(10-18)21-2)11-14-12-22-15-6-4-5-7-16(15)23-14;/h4-7,13-14H,3,8-12,18H2,1-2H3;1H. The first-order valence-electron chi connectivity index (χ1n) is 8.07. The number of methoxy groups -OCH3 is 1. The first kappa shape index (κ1) is 20.5. The number of fused-ring (bicyclic) bond motifs is 1. The third-order valence-electron chi connectivity index (χ3n) is 3.84. The minimum Gasteiger partial charge on any atom is -0.486 e. The summed E-state index contributed by atoms with van der Waals surface area (Å²) in [5, 5.41) is 0. The van der Waals surface area contributed by atoms with Crippen molar-refractivity contribution in [2.75, 3.05) is 33.4 Å². The molecule has 136 valence electrons. The molecule has 1 amide bonds. The number of para-hydroxylation sites is 2. The van der Waals surface area contributed by atoms with Crippen LogP contribution >= 0.6 is 12.4 Å². The number of nitrogens with two attached hydrogens (primary N) is 1. The average Bonchev–Trinajstić information content (AvgIpc) is 2.59. The van der Waals surface area contributed by atoms with E-state index < -0.39 is 0 Å². The number of hydrogen-bond acceptors (Lipinski definition) is 5. The van der Waals surface area contributed by atoms with Gasteiger partial charge in [-0.3, -0.25) is 4.79 Å². The van der Waals surface area contributed by atoms with Gasteiger partial charge in [-0.1, -0.05) is 19.1 Å². The van der Waals surface area contributed by atoms with Crippen LogP contribution in [0.1, 0.15) is 19.8 Å². The van der Waals surface area contributed by atoms with Crippen molar-refractivity contribution in [2.24, 2.45) is 5.73 Å². The van der Waals surface area contributed by atoms with Gasteiger partial charge in [0.05, 0.1) is 19.1 Å². The maximum atomic E-state index is 12.5. The van der Waals surface area contributed by atoms with Crippen LogP contribution in [0.4, 0.5) is 0 Å². The Morgan fingerprint density at radius 1 is 1.42 bits per heavy atom. The molecule has 1 aromatic carbocycles. The molecule has 0 radical (unpaired) electrons. The molecule has 2 unspecified atom stereocenters. The van der Waals surface area contributed by atoms with Gasteiger partial charge in [0, 0.05) is 20.2 Å². The molecule has 2 N–H and O–H groups in total. The van der Waals surface area contributed by atoms with Crippen molar-refractivity contribution in [2.45, 2.75) is 32.0 Å². The second kappa shape index (κ2) is 10.4. The van der Waals surface area contributed by atoms with E-state index in [4.69, 9.17) is 19.9 Å². The number of carbonyl (C=O) groups is 1. The molecule has 0 aliphatic carbocycles. The summed E-state index contributed by atoms with van der Waals surface area (Å²) in [6.45, 7) is 4.00. The van der Waals surface area contributed by atoms with Gasteiger partial charge < -0.3 is 24.8 Å². The summed E-state index contributed by atoms with van der Waals surface area (Å²) in [5.41, 5.74) is 5.60. The van der Waals surface area contributed by atoms with Crippen LogP contribution in [-0.2, 0) is 9.53 Å². The lowest BCUT2D eigenvalue weighted by Gasteiger charge is -2.32. The van der Waals surface area contributed by atoms with Crippen LogP contribution in [0.3, 0.4) is 0 Å². The fourth-order valence-electron chi connectivity index (χ4n) is 2.57. The fourth-order valence-corrected chi connectivity index (χ4v) is 2.57. The minimum absolute atomic E-state index is 0. The lowest BCUT2D eigenvalue weighted by atomic mass is 10.2. The molecule has 2 rings (SSSR count). The number of amides is 1. The quantitative estimate of drug-likeness (QED) is 0.767. The predicted molar refractivity (Wildman–Crippen MR) is 94.9 cm³/mol. The molecule has 0 bridgehead atoms. The maximum absolute atomic E-state index is 12.5. The second-order valence-electron chi connectivity index (χ2n) is 5.63. The zero-order chi connectivity index (χ0) is 16.7. The first-order valence-corrected chi connectivity index (χ1v) is 8.07. The van der Waals surface area contributed by atoms with Crippen molar-refractivity contribution in [1.29, 1.82) is 0 Å². The Morgan fingerprint density at radius 2 is 2.12 bits per heavy atom. The summed E-state index contributed by atoms with van der Waals surface area (Å²) in [4.78, 5) is 14.3. The Morgan fingerprint density at radius 3 is 2.75 bits per heavy atom. The van der Waals surface area contributed by atoms with Crippen LogP contribution in [0.5, 0.6) is 11.5 Å². The van der Waals surface area contributed by atoms with Gasteiger partial charge in [0.25, 0.3) is 0 Å². The Balaban J connectivity index is 0.00000288. The van der Waals surface area contributed by atoms with Gasteiger partial charge in [0.1, 0.15) is 6.61 Å². The van der Waals surface area contributed by atoms with E-state index >= 15 is 0 Å². The summed E-state index contributed by atoms with van der Waals surface area (Å²) < 4.78 is 16.9. The number of ether oxygens (including phenoxy) is 3. The normalized spacial score (nSPS) is 16.9. The van der Waals surface area contributed by atoms with Crippen LogP contribution in [0, 0.1) is 0 Å². The van der Waals surface area contributed by atoms with Gasteiger partial charge in [0.2, 0.25) is 5.91 Å². The van der Waals surface area contributed by atoms with Crippen LogP contribution in [0.15, 0.2) is 24.3 Å². The Bertz CT molecular complexity index is 511. The summed E-state index contributed by atoms with van der Waals surface area (Å²) in [7, 11) is 1.57. The zero-order valence-corrected chi connectivity index (χ0v) is 15.1. The summed E-state index contributed by atoms with van der Waals surface area (Å²) in [6.07, 6.45) is 0.762. The topological polar surface area (TPSA) is 74.0 Å². The third kappa shape index (κ3) is 5.54. The summed E-state index contributed by atoms with van der Waals surface area (Å²) >= 11 is 0. The smallest absolute Gasteiger partial charge is 0.225 e. The summed E-state index contributed by atoms with van der Waals surface area (Å²) in [5.74, 6) is 1.51. The minimum atomic E-state index is -0.244. The highest BCUT2D eigenvalue weighted by atomic mass is 35.5. The van der Waals surface area contributed by atoms with Crippen molar-refractivity contribution >= 4 is 18.3 Å². The second-order valence-corrected chi connectivity index (χ2v) is 5.63. The summed E-state index contributed by atoms with van der Waals surface area (Å²) in [6, 6.07) is 7.57. The monoisotopic (exact) mass is 358 g/mol. The highest BCUT2D eigenvalue weighted by molar-refractivity contribution is 5.85. The molecule has 2 atom stereocenters. The molecule has 1 aliphatic heterocycles. The SMILES string of the molecule is CCCN(CC1COc2ccccc2O1)C(=O)CC(CN)OC.Cl. The lowest BCUT2D eigenvalue weighted by molar-refractivity contribution is -0.135. The molecule has 7 heteroatoms. The van der Waals surface area contributed by atoms with Gasteiger partial charge in [-0.15, -0.1) is 12.4 Å². The van der Waals surface area contributed by atoms with Crippen LogP contribution < -0.4 is 15.2 Å². The largest absolute Gasteiger partial charge is 0.486 e. The molecular formula is C17H27ClN2O4. The first-order chi connectivity index (χ1) is 11.2. The Kier molecular flexibility index (Phi) is 8.89. The number of halogens is 1.